The fraction of sp³-hybridized carbons (Fsp3) is 0.353. The molecule has 3 aromatic rings. The lowest BCUT2D eigenvalue weighted by atomic mass is 9.96. The van der Waals surface area contributed by atoms with Crippen LogP contribution in [-0.2, 0) is 0 Å². The van der Waals surface area contributed by atoms with Gasteiger partial charge < -0.3 is 14.4 Å². The minimum atomic E-state index is 0.0849. The number of benzene rings is 1. The third kappa shape index (κ3) is 2.60. The van der Waals surface area contributed by atoms with Gasteiger partial charge in [0.25, 0.3) is 5.91 Å². The third-order valence-corrected chi connectivity index (χ3v) is 4.48. The van der Waals surface area contributed by atoms with Crippen molar-refractivity contribution in [1.82, 2.24) is 20.0 Å². The van der Waals surface area contributed by atoms with E-state index in [1.54, 1.807) is 0 Å². The smallest absolute Gasteiger partial charge is 0.253 e. The van der Waals surface area contributed by atoms with Crippen LogP contribution < -0.4 is 0 Å². The topological polar surface area (TPSA) is 75.0 Å². The van der Waals surface area contributed by atoms with E-state index < -0.39 is 0 Å². The first-order valence-corrected chi connectivity index (χ1v) is 7.87. The molecule has 0 bridgehead atoms. The van der Waals surface area contributed by atoms with Crippen LogP contribution in [0.25, 0.3) is 10.9 Å². The molecule has 23 heavy (non-hydrogen) atoms. The first-order chi connectivity index (χ1) is 11.2. The molecule has 4 rings (SSSR count). The van der Waals surface area contributed by atoms with E-state index in [1.807, 2.05) is 42.3 Å². The normalized spacial score (nSPS) is 16.1. The van der Waals surface area contributed by atoms with Crippen LogP contribution >= 0.6 is 0 Å². The molecule has 1 N–H and O–H groups in total. The van der Waals surface area contributed by atoms with Gasteiger partial charge in [0.1, 0.15) is 0 Å². The third-order valence-electron chi connectivity index (χ3n) is 4.48. The van der Waals surface area contributed by atoms with Crippen molar-refractivity contribution in [2.75, 3.05) is 13.1 Å². The molecule has 6 nitrogen and oxygen atoms in total. The van der Waals surface area contributed by atoms with E-state index in [2.05, 4.69) is 15.1 Å². The minimum Gasteiger partial charge on any atom is -0.361 e. The molecule has 0 atom stereocenters. The molecule has 0 radical (unpaired) electrons. The molecule has 0 unspecified atom stereocenters. The molecule has 1 aromatic carbocycles. The van der Waals surface area contributed by atoms with E-state index in [9.17, 15) is 4.79 Å². The van der Waals surface area contributed by atoms with Crippen molar-refractivity contribution < 1.29 is 9.32 Å². The summed E-state index contributed by atoms with van der Waals surface area (Å²) >= 11 is 0. The summed E-state index contributed by atoms with van der Waals surface area (Å²) in [5, 5.41) is 4.96. The molecule has 2 aromatic heterocycles. The van der Waals surface area contributed by atoms with Crippen LogP contribution in [-0.4, -0.2) is 39.0 Å². The summed E-state index contributed by atoms with van der Waals surface area (Å²) < 4.78 is 5.25. The average Bonchev–Trinajstić information content (AvgIpc) is 3.22. The minimum absolute atomic E-state index is 0.0849. The Balaban J connectivity index is 1.46. The number of nitrogens with zero attached hydrogens (tertiary/aromatic N) is 3. The second-order valence-electron chi connectivity index (χ2n) is 6.03. The van der Waals surface area contributed by atoms with Crippen molar-refractivity contribution in [2.24, 2.45) is 0 Å². The maximum Gasteiger partial charge on any atom is 0.253 e. The molecule has 1 saturated heterocycles. The number of amides is 1. The van der Waals surface area contributed by atoms with E-state index in [0.29, 0.717) is 24.8 Å². The molecular formula is C17H18N4O2. The Hall–Kier alpha value is -2.63. The largest absolute Gasteiger partial charge is 0.361 e. The molecule has 1 fully saturated rings. The molecule has 6 heteroatoms. The number of hydrogen-bond acceptors (Lipinski definition) is 4. The Bertz CT molecular complexity index is 843. The number of piperidine rings is 1. The lowest BCUT2D eigenvalue weighted by molar-refractivity contribution is 0.0704. The van der Waals surface area contributed by atoms with Crippen LogP contribution in [0.4, 0.5) is 0 Å². The summed E-state index contributed by atoms with van der Waals surface area (Å²) in [6, 6.07) is 7.80. The van der Waals surface area contributed by atoms with E-state index >= 15 is 0 Å². The molecule has 118 valence electrons. The SMILES string of the molecule is Cc1noc(C2CCN(C(=O)c3ccc4cc[nH]c4c3)CC2)n1. The van der Waals surface area contributed by atoms with Crippen molar-refractivity contribution in [3.05, 3.63) is 47.7 Å². The summed E-state index contributed by atoms with van der Waals surface area (Å²) in [5.41, 5.74) is 1.72. The first-order valence-electron chi connectivity index (χ1n) is 7.87. The number of aryl methyl sites for hydroxylation is 1. The van der Waals surface area contributed by atoms with Gasteiger partial charge in [0.05, 0.1) is 0 Å². The van der Waals surface area contributed by atoms with Crippen LogP contribution in [0.5, 0.6) is 0 Å². The number of fused-ring (bicyclic) bond motifs is 1. The van der Waals surface area contributed by atoms with Crippen molar-refractivity contribution >= 4 is 16.8 Å². The fourth-order valence-electron chi connectivity index (χ4n) is 3.17. The Morgan fingerprint density at radius 3 is 2.87 bits per heavy atom. The highest BCUT2D eigenvalue weighted by atomic mass is 16.5. The van der Waals surface area contributed by atoms with E-state index in [0.717, 1.165) is 29.3 Å². The van der Waals surface area contributed by atoms with Gasteiger partial charge >= 0.3 is 0 Å². The van der Waals surface area contributed by atoms with Gasteiger partial charge in [-0.1, -0.05) is 11.2 Å². The number of carbonyl (C=O) groups is 1. The Morgan fingerprint density at radius 1 is 1.30 bits per heavy atom. The van der Waals surface area contributed by atoms with Crippen LogP contribution in [0.15, 0.2) is 35.0 Å². The van der Waals surface area contributed by atoms with Crippen LogP contribution in [0.3, 0.4) is 0 Å². The van der Waals surface area contributed by atoms with Gasteiger partial charge in [0.15, 0.2) is 5.82 Å². The fourth-order valence-corrected chi connectivity index (χ4v) is 3.17. The quantitative estimate of drug-likeness (QED) is 0.789. The Morgan fingerprint density at radius 2 is 2.13 bits per heavy atom. The predicted octanol–water partition coefficient (Wildman–Crippen LogP) is 2.88. The zero-order valence-corrected chi connectivity index (χ0v) is 13.0. The monoisotopic (exact) mass is 310 g/mol. The highest BCUT2D eigenvalue weighted by Crippen LogP contribution is 2.27. The number of aromatic nitrogens is 3. The molecule has 0 saturated carbocycles. The van der Waals surface area contributed by atoms with E-state index in [1.165, 1.54) is 0 Å². The first kappa shape index (κ1) is 14.0. The van der Waals surface area contributed by atoms with Gasteiger partial charge in [-0.2, -0.15) is 4.98 Å². The second kappa shape index (κ2) is 5.53. The Kier molecular flexibility index (Phi) is 3.37. The van der Waals surface area contributed by atoms with Crippen LogP contribution in [0, 0.1) is 6.92 Å². The number of likely N-dealkylation sites (tertiary alicyclic amines) is 1. The van der Waals surface area contributed by atoms with Gasteiger partial charge in [0.2, 0.25) is 5.89 Å². The molecule has 0 aliphatic carbocycles. The summed E-state index contributed by atoms with van der Waals surface area (Å²) in [7, 11) is 0. The van der Waals surface area contributed by atoms with E-state index in [-0.39, 0.29) is 11.8 Å². The highest BCUT2D eigenvalue weighted by Gasteiger charge is 2.27. The Labute approximate surface area is 133 Å². The van der Waals surface area contributed by atoms with Gasteiger partial charge in [-0.15, -0.1) is 0 Å². The molecular weight excluding hydrogens is 292 g/mol. The second-order valence-corrected chi connectivity index (χ2v) is 6.03. The number of carbonyl (C=O) groups excluding carboxylic acids is 1. The number of hydrogen-bond donors (Lipinski definition) is 1. The highest BCUT2D eigenvalue weighted by molar-refractivity contribution is 5.98. The number of aromatic amines is 1. The van der Waals surface area contributed by atoms with Crippen LogP contribution in [0.1, 0.15) is 40.8 Å². The lowest BCUT2D eigenvalue weighted by Gasteiger charge is -2.30. The van der Waals surface area contributed by atoms with Crippen molar-refractivity contribution in [3.8, 4) is 0 Å². The van der Waals surface area contributed by atoms with E-state index in [4.69, 9.17) is 4.52 Å². The van der Waals surface area contributed by atoms with Gasteiger partial charge in [-0.3, -0.25) is 4.79 Å². The van der Waals surface area contributed by atoms with Crippen molar-refractivity contribution in [1.29, 1.82) is 0 Å². The average molecular weight is 310 g/mol. The van der Waals surface area contributed by atoms with Crippen molar-refractivity contribution in [3.63, 3.8) is 0 Å². The summed E-state index contributed by atoms with van der Waals surface area (Å²) in [4.78, 5) is 22.0. The standard InChI is InChI=1S/C17H18N4O2/c1-11-19-16(23-20-11)13-5-8-21(9-6-13)17(22)14-3-2-12-4-7-18-15(12)10-14/h2-4,7,10,13,18H,5-6,8-9H2,1H3. The molecule has 1 aliphatic heterocycles. The number of nitrogens with one attached hydrogen (secondary N) is 1. The van der Waals surface area contributed by atoms with Gasteiger partial charge in [-0.25, -0.2) is 0 Å². The summed E-state index contributed by atoms with van der Waals surface area (Å²) in [6.07, 6.45) is 3.60. The summed E-state index contributed by atoms with van der Waals surface area (Å²) in [6.45, 7) is 3.25. The number of rotatable bonds is 2. The maximum absolute atomic E-state index is 12.7. The zero-order valence-electron chi connectivity index (χ0n) is 13.0. The molecule has 1 amide bonds. The van der Waals surface area contributed by atoms with Crippen molar-refractivity contribution in [2.45, 2.75) is 25.7 Å². The molecule has 3 heterocycles. The van der Waals surface area contributed by atoms with Gasteiger partial charge in [0, 0.05) is 36.3 Å². The zero-order chi connectivity index (χ0) is 15.8. The predicted molar refractivity (Wildman–Crippen MR) is 85.2 cm³/mol. The maximum atomic E-state index is 12.7. The van der Waals surface area contributed by atoms with Crippen LogP contribution in [0.2, 0.25) is 0 Å². The number of H-pyrrole nitrogens is 1. The molecule has 1 aliphatic rings. The summed E-state index contributed by atoms with van der Waals surface area (Å²) in [5.74, 6) is 1.70. The molecule has 0 spiro atoms. The lowest BCUT2D eigenvalue weighted by Crippen LogP contribution is -2.38. The van der Waals surface area contributed by atoms with Gasteiger partial charge in [-0.05, 0) is 43.4 Å².